The monoisotopic (exact) mass is 490 g/mol. The summed E-state index contributed by atoms with van der Waals surface area (Å²) in [6.07, 6.45) is 0.494. The molecular formula is C24H31BrN2O4. The average molecular weight is 491 g/mol. The number of benzene rings is 2. The van der Waals surface area contributed by atoms with Gasteiger partial charge in [-0.05, 0) is 63.7 Å². The number of ether oxygens (including phenoxy) is 2. The van der Waals surface area contributed by atoms with E-state index in [0.717, 1.165) is 15.8 Å². The molecule has 2 amide bonds. The van der Waals surface area contributed by atoms with Crippen LogP contribution in [0.25, 0.3) is 0 Å². The molecule has 0 heterocycles. The van der Waals surface area contributed by atoms with Gasteiger partial charge in [-0.15, -0.1) is 0 Å². The van der Waals surface area contributed by atoms with Gasteiger partial charge in [0.1, 0.15) is 17.5 Å². The molecule has 0 aliphatic heterocycles. The SMILES string of the molecule is CC[C@H](C(=O)NC)N(Cc1ccc(OC)cc1)C(=O)COc1ccc(C(C)C)cc1Br. The van der Waals surface area contributed by atoms with E-state index in [1.165, 1.54) is 5.56 Å². The number of likely N-dealkylation sites (N-methyl/N-ethyl adjacent to an activating group) is 1. The second kappa shape index (κ2) is 11.7. The first-order valence-corrected chi connectivity index (χ1v) is 11.2. The number of methoxy groups -OCH3 is 1. The Morgan fingerprint density at radius 3 is 2.32 bits per heavy atom. The number of carbonyl (C=O) groups excluding carboxylic acids is 2. The average Bonchev–Trinajstić information content (AvgIpc) is 2.77. The van der Waals surface area contributed by atoms with Crippen LogP contribution in [0.5, 0.6) is 11.5 Å². The molecule has 2 aromatic rings. The van der Waals surface area contributed by atoms with Crippen molar-refractivity contribution in [1.82, 2.24) is 10.2 Å². The largest absolute Gasteiger partial charge is 0.497 e. The first kappa shape index (κ1) is 24.7. The molecule has 31 heavy (non-hydrogen) atoms. The minimum Gasteiger partial charge on any atom is -0.497 e. The van der Waals surface area contributed by atoms with E-state index in [1.54, 1.807) is 19.1 Å². The van der Waals surface area contributed by atoms with Crippen LogP contribution in [0.1, 0.15) is 44.2 Å². The molecule has 7 heteroatoms. The van der Waals surface area contributed by atoms with Gasteiger partial charge in [-0.1, -0.05) is 39.0 Å². The zero-order valence-electron chi connectivity index (χ0n) is 18.8. The van der Waals surface area contributed by atoms with Crippen molar-refractivity contribution in [2.75, 3.05) is 20.8 Å². The van der Waals surface area contributed by atoms with Crippen LogP contribution in [0.2, 0.25) is 0 Å². The Kier molecular flexibility index (Phi) is 9.37. The lowest BCUT2D eigenvalue weighted by atomic mass is 10.0. The predicted octanol–water partition coefficient (Wildman–Crippen LogP) is 4.51. The number of nitrogens with one attached hydrogen (secondary N) is 1. The van der Waals surface area contributed by atoms with Gasteiger partial charge >= 0.3 is 0 Å². The fraction of sp³-hybridized carbons (Fsp3) is 0.417. The Hall–Kier alpha value is -2.54. The number of halogens is 1. The summed E-state index contributed by atoms with van der Waals surface area (Å²) in [5.41, 5.74) is 2.08. The molecular weight excluding hydrogens is 460 g/mol. The van der Waals surface area contributed by atoms with Gasteiger partial charge in [0.15, 0.2) is 6.61 Å². The molecule has 2 rings (SSSR count). The van der Waals surface area contributed by atoms with E-state index in [0.29, 0.717) is 24.6 Å². The van der Waals surface area contributed by atoms with Gasteiger partial charge in [0.25, 0.3) is 5.91 Å². The van der Waals surface area contributed by atoms with Gasteiger partial charge in [0, 0.05) is 13.6 Å². The van der Waals surface area contributed by atoms with Crippen LogP contribution in [0.15, 0.2) is 46.9 Å². The number of hydrogen-bond acceptors (Lipinski definition) is 4. The van der Waals surface area contributed by atoms with E-state index in [4.69, 9.17) is 9.47 Å². The van der Waals surface area contributed by atoms with E-state index in [2.05, 4.69) is 35.1 Å². The number of hydrogen-bond donors (Lipinski definition) is 1. The topological polar surface area (TPSA) is 67.9 Å². The Morgan fingerprint density at radius 1 is 1.13 bits per heavy atom. The van der Waals surface area contributed by atoms with E-state index < -0.39 is 6.04 Å². The third-order valence-corrected chi connectivity index (χ3v) is 5.74. The van der Waals surface area contributed by atoms with Crippen LogP contribution in [-0.4, -0.2) is 43.5 Å². The highest BCUT2D eigenvalue weighted by Gasteiger charge is 2.28. The summed E-state index contributed by atoms with van der Waals surface area (Å²) in [6, 6.07) is 12.7. The van der Waals surface area contributed by atoms with Crippen molar-refractivity contribution in [2.24, 2.45) is 0 Å². The first-order valence-electron chi connectivity index (χ1n) is 10.4. The molecule has 0 saturated carbocycles. The molecule has 0 radical (unpaired) electrons. The zero-order valence-corrected chi connectivity index (χ0v) is 20.4. The summed E-state index contributed by atoms with van der Waals surface area (Å²) >= 11 is 3.52. The molecule has 0 fully saturated rings. The molecule has 1 atom stereocenters. The normalized spacial score (nSPS) is 11.7. The third kappa shape index (κ3) is 6.72. The second-order valence-corrected chi connectivity index (χ2v) is 8.40. The minimum atomic E-state index is -0.588. The quantitative estimate of drug-likeness (QED) is 0.531. The molecule has 0 unspecified atom stereocenters. The number of nitrogens with zero attached hydrogens (tertiary/aromatic N) is 1. The molecule has 0 aliphatic rings. The lowest BCUT2D eigenvalue weighted by Gasteiger charge is -2.30. The summed E-state index contributed by atoms with van der Waals surface area (Å²) in [4.78, 5) is 27.1. The summed E-state index contributed by atoms with van der Waals surface area (Å²) in [5, 5.41) is 2.65. The molecule has 0 bridgehead atoms. The maximum Gasteiger partial charge on any atom is 0.261 e. The Bertz CT molecular complexity index is 884. The second-order valence-electron chi connectivity index (χ2n) is 7.54. The molecule has 0 aromatic heterocycles. The summed E-state index contributed by atoms with van der Waals surface area (Å²) in [6.45, 7) is 6.25. The predicted molar refractivity (Wildman–Crippen MR) is 125 cm³/mol. The highest BCUT2D eigenvalue weighted by Crippen LogP contribution is 2.29. The van der Waals surface area contributed by atoms with Crippen LogP contribution in [0.3, 0.4) is 0 Å². The van der Waals surface area contributed by atoms with Crippen molar-refractivity contribution in [3.8, 4) is 11.5 Å². The number of carbonyl (C=O) groups is 2. The van der Waals surface area contributed by atoms with Gasteiger partial charge in [0.2, 0.25) is 5.91 Å². The minimum absolute atomic E-state index is 0.163. The summed E-state index contributed by atoms with van der Waals surface area (Å²) < 4.78 is 11.8. The van der Waals surface area contributed by atoms with Crippen molar-refractivity contribution in [3.05, 3.63) is 58.1 Å². The Morgan fingerprint density at radius 2 is 1.81 bits per heavy atom. The molecule has 0 spiro atoms. The van der Waals surface area contributed by atoms with Gasteiger partial charge in [0.05, 0.1) is 11.6 Å². The van der Waals surface area contributed by atoms with Crippen LogP contribution >= 0.6 is 15.9 Å². The molecule has 0 aliphatic carbocycles. The van der Waals surface area contributed by atoms with E-state index in [1.807, 2.05) is 49.4 Å². The Labute approximate surface area is 193 Å². The third-order valence-electron chi connectivity index (χ3n) is 5.12. The zero-order chi connectivity index (χ0) is 23.0. The van der Waals surface area contributed by atoms with Gasteiger partial charge in [-0.25, -0.2) is 0 Å². The maximum absolute atomic E-state index is 13.1. The van der Waals surface area contributed by atoms with Crippen LogP contribution in [0, 0.1) is 0 Å². The maximum atomic E-state index is 13.1. The molecule has 0 saturated heterocycles. The molecule has 168 valence electrons. The van der Waals surface area contributed by atoms with Crippen LogP contribution in [-0.2, 0) is 16.1 Å². The lowest BCUT2D eigenvalue weighted by molar-refractivity contribution is -0.142. The summed E-state index contributed by atoms with van der Waals surface area (Å²) in [7, 11) is 3.18. The van der Waals surface area contributed by atoms with E-state index in [9.17, 15) is 9.59 Å². The number of amides is 2. The highest BCUT2D eigenvalue weighted by molar-refractivity contribution is 9.10. The Balaban J connectivity index is 2.19. The van der Waals surface area contributed by atoms with Crippen LogP contribution in [0.4, 0.5) is 0 Å². The van der Waals surface area contributed by atoms with Crippen molar-refractivity contribution in [2.45, 2.75) is 45.7 Å². The van der Waals surface area contributed by atoms with Crippen molar-refractivity contribution < 1.29 is 19.1 Å². The molecule has 2 aromatic carbocycles. The fourth-order valence-corrected chi connectivity index (χ4v) is 3.74. The smallest absolute Gasteiger partial charge is 0.261 e. The fourth-order valence-electron chi connectivity index (χ4n) is 3.23. The lowest BCUT2D eigenvalue weighted by Crippen LogP contribution is -2.49. The highest BCUT2D eigenvalue weighted by atomic mass is 79.9. The van der Waals surface area contributed by atoms with Gasteiger partial charge < -0.3 is 19.7 Å². The van der Waals surface area contributed by atoms with Gasteiger partial charge in [-0.3, -0.25) is 9.59 Å². The standard InChI is InChI=1S/C24H31BrN2O4/c1-6-21(24(29)26-4)27(14-17-7-10-19(30-5)11-8-17)23(28)15-31-22-12-9-18(16(2)3)13-20(22)25/h7-13,16,21H,6,14-15H2,1-5H3,(H,26,29)/t21-/m1/s1. The van der Waals surface area contributed by atoms with E-state index in [-0.39, 0.29) is 18.4 Å². The van der Waals surface area contributed by atoms with Gasteiger partial charge in [-0.2, -0.15) is 0 Å². The van der Waals surface area contributed by atoms with E-state index >= 15 is 0 Å². The van der Waals surface area contributed by atoms with Crippen molar-refractivity contribution in [3.63, 3.8) is 0 Å². The van der Waals surface area contributed by atoms with Crippen LogP contribution < -0.4 is 14.8 Å². The first-order chi connectivity index (χ1) is 14.8. The van der Waals surface area contributed by atoms with Crippen molar-refractivity contribution >= 4 is 27.7 Å². The number of rotatable bonds is 10. The van der Waals surface area contributed by atoms with Crippen molar-refractivity contribution in [1.29, 1.82) is 0 Å². The molecule has 6 nitrogen and oxygen atoms in total. The molecule has 1 N–H and O–H groups in total. The summed E-state index contributed by atoms with van der Waals surface area (Å²) in [5.74, 6) is 1.26.